The molecular weight excluding hydrogens is 896 g/mol. The van der Waals surface area contributed by atoms with E-state index in [1.807, 2.05) is 84.9 Å². The second-order valence-electron chi connectivity index (χ2n) is 12.6. The summed E-state index contributed by atoms with van der Waals surface area (Å²) in [4.78, 5) is 46.2. The van der Waals surface area contributed by atoms with Crippen LogP contribution >= 0.6 is 0 Å². The van der Waals surface area contributed by atoms with Gasteiger partial charge >= 0.3 is 103 Å². The van der Waals surface area contributed by atoms with Crippen molar-refractivity contribution in [1.82, 2.24) is 0 Å². The molecule has 0 aliphatic carbocycles. The molecule has 0 bridgehead atoms. The first-order valence-electron chi connectivity index (χ1n) is 18.4. The van der Waals surface area contributed by atoms with E-state index in [4.69, 9.17) is 19.5 Å². The maximum absolute atomic E-state index is 12.1. The van der Waals surface area contributed by atoms with Crippen LogP contribution in [0.15, 0.2) is 182 Å². The minimum absolute atomic E-state index is 0. The van der Waals surface area contributed by atoms with Crippen LogP contribution in [0.4, 0.5) is 44.2 Å². The molecule has 0 N–H and O–H groups in total. The number of carbonyl (C=O) groups excluding carboxylic acids is 1. The van der Waals surface area contributed by atoms with E-state index in [9.17, 15) is 34.7 Å². The minimum atomic E-state index is -0.570. The summed E-state index contributed by atoms with van der Waals surface area (Å²) in [6.45, 7) is 1.10. The van der Waals surface area contributed by atoms with Crippen LogP contribution < -0.4 is 127 Å². The fraction of sp³-hybridized carbons (Fsp3) is 0.0652. The third-order valence-corrected chi connectivity index (χ3v) is 8.62. The van der Waals surface area contributed by atoms with Gasteiger partial charge in [-0.1, -0.05) is 43.8 Å². The molecule has 7 rings (SSSR count). The second-order valence-corrected chi connectivity index (χ2v) is 12.6. The maximum atomic E-state index is 12.1. The van der Waals surface area contributed by atoms with Crippen molar-refractivity contribution in [3.8, 4) is 23.0 Å². The first-order valence-corrected chi connectivity index (χ1v) is 18.4. The Morgan fingerprint density at radius 3 is 0.969 bits per heavy atom. The van der Waals surface area contributed by atoms with Crippen molar-refractivity contribution in [2.45, 2.75) is 7.43 Å². The number of para-hydroxylation sites is 2. The Bertz CT molecular complexity index is 2370. The van der Waals surface area contributed by atoms with Gasteiger partial charge in [-0.2, -0.15) is 0 Å². The standard InChI is InChI=1S/C38H30N4O6.C6H4FNO2.CH2O3.CH4.2K.H/c43-41(44)33-15-23-37(24-16-33)47-35-19-11-31(12-20-35)39(29-7-3-1-4-8-29)27-28-40(30-9-5-2-6-10-30)32-13-21-36(22-14-32)48-38-25-17-34(18-26-38)42(45)46;7-5-1-3-6(4-2-5)8(9)10;2-1-4-3;;;;/h1-26H,27-28H2;1-4H;1,3H;1H4;;;/q;;;;2*+1;-1/p-1. The quantitative estimate of drug-likeness (QED) is 0.0438. The number of rotatable bonds is 15. The molecule has 0 atom stereocenters. The number of nitrogens with zero attached hydrogens (tertiary/aromatic N) is 5. The number of hydrogen-bond donors (Lipinski definition) is 0. The van der Waals surface area contributed by atoms with Crippen molar-refractivity contribution < 1.29 is 148 Å². The molecule has 0 spiro atoms. The van der Waals surface area contributed by atoms with Crippen LogP contribution in [0, 0.1) is 36.2 Å². The summed E-state index contributed by atoms with van der Waals surface area (Å²) in [7, 11) is 0. The molecule has 7 aromatic rings. The zero-order valence-electron chi connectivity index (χ0n) is 35.4. The molecule has 0 saturated heterocycles. The Morgan fingerprint density at radius 1 is 0.462 bits per heavy atom. The summed E-state index contributed by atoms with van der Waals surface area (Å²) >= 11 is 0. The van der Waals surface area contributed by atoms with Gasteiger partial charge in [0, 0.05) is 72.2 Å². The summed E-state index contributed by atoms with van der Waals surface area (Å²) < 4.78 is 24.0. The Hall–Kier alpha value is -5.43. The van der Waals surface area contributed by atoms with E-state index in [1.165, 1.54) is 24.3 Å². The van der Waals surface area contributed by atoms with Crippen LogP contribution in [0.25, 0.3) is 0 Å². The first kappa shape index (κ1) is 55.7. The molecule has 0 fully saturated rings. The molecule has 16 nitrogen and oxygen atoms in total. The van der Waals surface area contributed by atoms with Gasteiger partial charge in [0.25, 0.3) is 23.5 Å². The predicted molar refractivity (Wildman–Crippen MR) is 234 cm³/mol. The summed E-state index contributed by atoms with van der Waals surface area (Å²) in [5.41, 5.74) is 3.91. The summed E-state index contributed by atoms with van der Waals surface area (Å²) in [6.07, 6.45) is 0. The van der Waals surface area contributed by atoms with Crippen LogP contribution in [-0.4, -0.2) is 34.3 Å². The number of carbonyl (C=O) groups is 1. The van der Waals surface area contributed by atoms with Crippen LogP contribution in [0.5, 0.6) is 23.0 Å². The molecule has 0 aliphatic rings. The van der Waals surface area contributed by atoms with Gasteiger partial charge in [-0.15, -0.1) is 0 Å². The van der Waals surface area contributed by atoms with Crippen LogP contribution in [-0.2, 0) is 9.68 Å². The molecule has 65 heavy (non-hydrogen) atoms. The topological polar surface area (TPSA) is 204 Å². The van der Waals surface area contributed by atoms with Crippen molar-refractivity contribution in [3.05, 3.63) is 218 Å². The second kappa shape index (κ2) is 29.2. The minimum Gasteiger partial charge on any atom is -1.00 e. The molecule has 0 amide bonds. The van der Waals surface area contributed by atoms with Crippen molar-refractivity contribution in [3.63, 3.8) is 0 Å². The molecular formula is C46H40FK2N5O11. The molecule has 19 heteroatoms. The van der Waals surface area contributed by atoms with Gasteiger partial charge in [-0.05, 0) is 109 Å². The summed E-state index contributed by atoms with van der Waals surface area (Å²) in [6, 6.07) is 52.1. The number of nitro benzene ring substituents is 3. The monoisotopic (exact) mass is 935 g/mol. The van der Waals surface area contributed by atoms with E-state index in [0.717, 1.165) is 47.0 Å². The average molecular weight is 936 g/mol. The first-order chi connectivity index (χ1) is 30.0. The van der Waals surface area contributed by atoms with Crippen molar-refractivity contribution in [1.29, 1.82) is 0 Å². The van der Waals surface area contributed by atoms with Crippen LogP contribution in [0.2, 0.25) is 0 Å². The number of non-ortho nitro benzene ring substituents is 3. The van der Waals surface area contributed by atoms with Gasteiger partial charge in [0.1, 0.15) is 28.8 Å². The normalized spacial score (nSPS) is 9.57. The molecule has 0 aromatic heterocycles. The number of halogens is 1. The SMILES string of the molecule is C.O=CO[O-].O=[N+]([O-])c1ccc(F)cc1.O=[N+]([O-])c1ccc(Oc2ccc(N(CCN(c3ccccc3)c3ccc(Oc4ccc([N+](=O)[O-])cc4)cc3)c3ccccc3)cc2)cc1.[H-].[K+].[K+]. The third kappa shape index (κ3) is 17.8. The molecule has 0 aliphatic heterocycles. The molecule has 0 heterocycles. The Kier molecular flexibility index (Phi) is 25.0. The van der Waals surface area contributed by atoms with E-state index < -0.39 is 20.6 Å². The van der Waals surface area contributed by atoms with E-state index in [-0.39, 0.29) is 135 Å². The number of nitro groups is 3. The van der Waals surface area contributed by atoms with Crippen LogP contribution in [0.1, 0.15) is 8.85 Å². The molecule has 0 saturated carbocycles. The molecule has 7 aromatic carbocycles. The van der Waals surface area contributed by atoms with E-state index in [1.54, 1.807) is 24.3 Å². The maximum Gasteiger partial charge on any atom is 1.00 e. The predicted octanol–water partition coefficient (Wildman–Crippen LogP) is 4.99. The number of benzene rings is 7. The number of ether oxygens (including phenoxy) is 2. The number of hydrogen-bond acceptors (Lipinski definition) is 13. The Balaban J connectivity index is 0.00000105. The average Bonchev–Trinajstić information content (AvgIpc) is 3.30. The number of anilines is 4. The third-order valence-electron chi connectivity index (χ3n) is 8.62. The molecule has 0 unspecified atom stereocenters. The smallest absolute Gasteiger partial charge is 1.00 e. The van der Waals surface area contributed by atoms with Gasteiger partial charge in [0.2, 0.25) is 0 Å². The van der Waals surface area contributed by atoms with Crippen molar-refractivity contribution in [2.24, 2.45) is 0 Å². The Morgan fingerprint density at radius 2 is 0.708 bits per heavy atom. The zero-order chi connectivity index (χ0) is 44.3. The van der Waals surface area contributed by atoms with Gasteiger partial charge < -0.3 is 30.8 Å². The largest absolute Gasteiger partial charge is 1.00 e. The van der Waals surface area contributed by atoms with Gasteiger partial charge in [-0.3, -0.25) is 35.1 Å². The Labute approximate surface area is 459 Å². The van der Waals surface area contributed by atoms with Crippen LogP contribution in [0.3, 0.4) is 0 Å². The van der Waals surface area contributed by atoms with E-state index >= 15 is 0 Å². The van der Waals surface area contributed by atoms with E-state index in [2.05, 4.69) is 39.0 Å². The van der Waals surface area contributed by atoms with Gasteiger partial charge in [-0.25, -0.2) is 4.39 Å². The van der Waals surface area contributed by atoms with Crippen molar-refractivity contribution >= 4 is 46.3 Å². The fourth-order valence-corrected chi connectivity index (χ4v) is 5.73. The summed E-state index contributed by atoms with van der Waals surface area (Å²) in [5, 5.41) is 40.4. The summed E-state index contributed by atoms with van der Waals surface area (Å²) in [5.74, 6) is 1.78. The van der Waals surface area contributed by atoms with E-state index in [0.29, 0.717) is 36.1 Å². The molecule has 324 valence electrons. The molecule has 0 radical (unpaired) electrons. The zero-order valence-corrected chi connectivity index (χ0v) is 40.7. The fourth-order valence-electron chi connectivity index (χ4n) is 5.73. The van der Waals surface area contributed by atoms with Gasteiger partial charge in [0.05, 0.1) is 14.8 Å². The van der Waals surface area contributed by atoms with Crippen molar-refractivity contribution in [2.75, 3.05) is 22.9 Å². The van der Waals surface area contributed by atoms with Gasteiger partial charge in [0.15, 0.2) is 0 Å².